The van der Waals surface area contributed by atoms with Gasteiger partial charge < -0.3 is 25.2 Å². The molecular weight excluding hydrogens is 444 g/mol. The van der Waals surface area contributed by atoms with Crippen LogP contribution in [-0.2, 0) is 16.1 Å². The van der Waals surface area contributed by atoms with E-state index in [1.807, 2.05) is 25.1 Å². The molecule has 182 valence electrons. The maximum atomic E-state index is 13.7. The Bertz CT molecular complexity index is 1040. The molecule has 2 N–H and O–H groups in total. The van der Waals surface area contributed by atoms with Crippen molar-refractivity contribution >= 4 is 17.7 Å². The molecule has 1 aliphatic rings. The Morgan fingerprint density at radius 2 is 1.94 bits per heavy atom. The van der Waals surface area contributed by atoms with Crippen molar-refractivity contribution in [3.05, 3.63) is 59.9 Å². The molecule has 1 fully saturated rings. The molecule has 0 saturated carbocycles. The number of amides is 2. The average Bonchev–Trinajstić information content (AvgIpc) is 2.82. The van der Waals surface area contributed by atoms with E-state index >= 15 is 0 Å². The fraction of sp³-hybridized carbons (Fsp3) is 0.375. The standard InChI is InChI=1S/C24H29F2N5O3/c1-29(2)9-3-4-22(32)31-12-10-30(11-13-31)21-15-28-8-7-19(21)17-5-6-18(16-34-24(27)33)20(14-17)23(25)26/h3-8,14-15,23H,9-13,16H2,1-2H3,(H2,27,33). The van der Waals surface area contributed by atoms with E-state index in [0.29, 0.717) is 38.3 Å². The highest BCUT2D eigenvalue weighted by molar-refractivity contribution is 5.88. The maximum Gasteiger partial charge on any atom is 0.404 e. The number of nitrogens with two attached hydrogens (primary N) is 1. The van der Waals surface area contributed by atoms with Crippen LogP contribution in [0.4, 0.5) is 19.3 Å². The Kier molecular flexibility index (Phi) is 8.53. The quantitative estimate of drug-likeness (QED) is 0.593. The number of benzene rings is 1. The Balaban J connectivity index is 1.77. The molecule has 0 spiro atoms. The Hall–Kier alpha value is -3.53. The fourth-order valence-corrected chi connectivity index (χ4v) is 3.77. The number of halogens is 2. The van der Waals surface area contributed by atoms with E-state index in [0.717, 1.165) is 11.3 Å². The van der Waals surface area contributed by atoms with Gasteiger partial charge in [-0.3, -0.25) is 9.78 Å². The Morgan fingerprint density at radius 1 is 1.21 bits per heavy atom. The third-order valence-electron chi connectivity index (χ3n) is 5.52. The fourth-order valence-electron chi connectivity index (χ4n) is 3.77. The summed E-state index contributed by atoms with van der Waals surface area (Å²) in [7, 11) is 3.87. The van der Waals surface area contributed by atoms with Gasteiger partial charge in [0.2, 0.25) is 5.91 Å². The number of hydrogen-bond donors (Lipinski definition) is 1. The summed E-state index contributed by atoms with van der Waals surface area (Å²) in [6.07, 6.45) is 2.99. The topological polar surface area (TPSA) is 92.0 Å². The summed E-state index contributed by atoms with van der Waals surface area (Å²) in [6.45, 7) is 2.66. The molecule has 0 atom stereocenters. The van der Waals surface area contributed by atoms with Crippen LogP contribution < -0.4 is 10.6 Å². The molecule has 2 amide bonds. The number of alkyl halides is 2. The summed E-state index contributed by atoms with van der Waals surface area (Å²) < 4.78 is 32.1. The summed E-state index contributed by atoms with van der Waals surface area (Å²) in [4.78, 5) is 33.4. The molecule has 3 rings (SSSR count). The number of aromatic nitrogens is 1. The lowest BCUT2D eigenvalue weighted by molar-refractivity contribution is -0.126. The lowest BCUT2D eigenvalue weighted by Crippen LogP contribution is -2.48. The minimum atomic E-state index is -2.74. The first kappa shape index (κ1) is 25.1. The van der Waals surface area contributed by atoms with Gasteiger partial charge in [-0.05, 0) is 37.4 Å². The van der Waals surface area contributed by atoms with Crippen LogP contribution in [-0.4, -0.2) is 73.6 Å². The second kappa shape index (κ2) is 11.6. The van der Waals surface area contributed by atoms with E-state index in [1.54, 1.807) is 35.5 Å². The number of piperazine rings is 1. The summed E-state index contributed by atoms with van der Waals surface area (Å²) in [5, 5.41) is 0. The van der Waals surface area contributed by atoms with Gasteiger partial charge in [-0.1, -0.05) is 18.2 Å². The first-order valence-corrected chi connectivity index (χ1v) is 10.9. The van der Waals surface area contributed by atoms with E-state index in [1.165, 1.54) is 12.1 Å². The number of rotatable bonds is 8. The first-order valence-electron chi connectivity index (χ1n) is 10.9. The van der Waals surface area contributed by atoms with Crippen molar-refractivity contribution in [3.63, 3.8) is 0 Å². The van der Waals surface area contributed by atoms with Gasteiger partial charge in [0.1, 0.15) is 6.61 Å². The Morgan fingerprint density at radius 3 is 2.59 bits per heavy atom. The molecule has 10 heteroatoms. The summed E-state index contributed by atoms with van der Waals surface area (Å²) in [6, 6.07) is 6.40. The highest BCUT2D eigenvalue weighted by Crippen LogP contribution is 2.34. The van der Waals surface area contributed by atoms with E-state index < -0.39 is 12.5 Å². The van der Waals surface area contributed by atoms with Crippen LogP contribution in [0.1, 0.15) is 17.6 Å². The minimum Gasteiger partial charge on any atom is -0.445 e. The predicted molar refractivity (Wildman–Crippen MR) is 125 cm³/mol. The van der Waals surface area contributed by atoms with Crippen molar-refractivity contribution in [2.24, 2.45) is 5.73 Å². The molecule has 1 aromatic heterocycles. The zero-order valence-electron chi connectivity index (χ0n) is 19.3. The Labute approximate surface area is 197 Å². The number of ether oxygens (including phenoxy) is 1. The monoisotopic (exact) mass is 473 g/mol. The van der Waals surface area contributed by atoms with Crippen LogP contribution in [0, 0.1) is 0 Å². The second-order valence-corrected chi connectivity index (χ2v) is 8.19. The predicted octanol–water partition coefficient (Wildman–Crippen LogP) is 3.05. The number of primary amides is 1. The van der Waals surface area contributed by atoms with Gasteiger partial charge in [0.05, 0.1) is 11.9 Å². The third-order valence-corrected chi connectivity index (χ3v) is 5.52. The number of anilines is 1. The van der Waals surface area contributed by atoms with Gasteiger partial charge in [-0.15, -0.1) is 0 Å². The van der Waals surface area contributed by atoms with Gasteiger partial charge in [0.25, 0.3) is 6.43 Å². The highest BCUT2D eigenvalue weighted by Gasteiger charge is 2.23. The maximum absolute atomic E-state index is 13.7. The van der Waals surface area contributed by atoms with Crippen molar-refractivity contribution < 1.29 is 23.1 Å². The molecule has 8 nitrogen and oxygen atoms in total. The molecule has 2 heterocycles. The zero-order chi connectivity index (χ0) is 24.7. The van der Waals surface area contributed by atoms with E-state index in [9.17, 15) is 18.4 Å². The average molecular weight is 474 g/mol. The van der Waals surface area contributed by atoms with Gasteiger partial charge in [-0.25, -0.2) is 13.6 Å². The molecular formula is C24H29F2N5O3. The van der Waals surface area contributed by atoms with Crippen molar-refractivity contribution in [1.29, 1.82) is 0 Å². The number of carbonyl (C=O) groups excluding carboxylic acids is 2. The normalized spacial score (nSPS) is 14.3. The zero-order valence-corrected chi connectivity index (χ0v) is 19.3. The molecule has 2 aromatic rings. The van der Waals surface area contributed by atoms with Crippen molar-refractivity contribution in [2.45, 2.75) is 13.0 Å². The lowest BCUT2D eigenvalue weighted by Gasteiger charge is -2.36. The molecule has 0 bridgehead atoms. The van der Waals surface area contributed by atoms with Gasteiger partial charge in [0, 0.05) is 56.1 Å². The van der Waals surface area contributed by atoms with Gasteiger partial charge >= 0.3 is 6.09 Å². The molecule has 1 aromatic carbocycles. The van der Waals surface area contributed by atoms with Gasteiger partial charge in [-0.2, -0.15) is 0 Å². The van der Waals surface area contributed by atoms with Crippen LogP contribution in [0.2, 0.25) is 0 Å². The minimum absolute atomic E-state index is 0.0248. The number of carbonyl (C=O) groups is 2. The molecule has 1 aliphatic heterocycles. The second-order valence-electron chi connectivity index (χ2n) is 8.19. The number of likely N-dealkylation sites (N-methyl/N-ethyl adjacent to an activating group) is 1. The van der Waals surface area contributed by atoms with Crippen LogP contribution in [0.15, 0.2) is 48.8 Å². The van der Waals surface area contributed by atoms with Crippen molar-refractivity contribution in [1.82, 2.24) is 14.8 Å². The number of hydrogen-bond acceptors (Lipinski definition) is 6. The van der Waals surface area contributed by atoms with Crippen LogP contribution in [0.25, 0.3) is 11.1 Å². The van der Waals surface area contributed by atoms with E-state index in [4.69, 9.17) is 10.5 Å². The largest absolute Gasteiger partial charge is 0.445 e. The molecule has 0 aliphatic carbocycles. The molecule has 0 unspecified atom stereocenters. The van der Waals surface area contributed by atoms with Crippen LogP contribution in [0.3, 0.4) is 0 Å². The molecule has 34 heavy (non-hydrogen) atoms. The third kappa shape index (κ3) is 6.50. The van der Waals surface area contributed by atoms with Crippen molar-refractivity contribution in [2.75, 3.05) is 51.7 Å². The first-order chi connectivity index (χ1) is 16.3. The summed E-state index contributed by atoms with van der Waals surface area (Å²) >= 11 is 0. The van der Waals surface area contributed by atoms with Crippen LogP contribution in [0.5, 0.6) is 0 Å². The highest BCUT2D eigenvalue weighted by atomic mass is 19.3. The summed E-state index contributed by atoms with van der Waals surface area (Å²) in [5.74, 6) is -0.0248. The number of pyridine rings is 1. The van der Waals surface area contributed by atoms with Gasteiger partial charge in [0.15, 0.2) is 0 Å². The van der Waals surface area contributed by atoms with E-state index in [-0.39, 0.29) is 23.6 Å². The number of nitrogens with zero attached hydrogens (tertiary/aromatic N) is 4. The van der Waals surface area contributed by atoms with E-state index in [2.05, 4.69) is 9.88 Å². The SMILES string of the molecule is CN(C)CC=CC(=O)N1CCN(c2cnccc2-c2ccc(COC(N)=O)c(C(F)F)c2)CC1. The van der Waals surface area contributed by atoms with Crippen LogP contribution >= 0.6 is 0 Å². The van der Waals surface area contributed by atoms with Crippen molar-refractivity contribution in [3.8, 4) is 11.1 Å². The molecule has 1 saturated heterocycles. The summed E-state index contributed by atoms with van der Waals surface area (Å²) in [5.41, 5.74) is 7.10. The smallest absolute Gasteiger partial charge is 0.404 e. The lowest BCUT2D eigenvalue weighted by atomic mass is 9.98. The molecule has 0 radical (unpaired) electrons.